The summed E-state index contributed by atoms with van der Waals surface area (Å²) in [5.74, 6) is -1.63. The second-order valence-electron chi connectivity index (χ2n) is 11.5. The van der Waals surface area contributed by atoms with E-state index in [2.05, 4.69) is 15.6 Å². The summed E-state index contributed by atoms with van der Waals surface area (Å²) in [5, 5.41) is 6.51. The maximum absolute atomic E-state index is 14.8. The van der Waals surface area contributed by atoms with E-state index in [-0.39, 0.29) is 54.0 Å². The van der Waals surface area contributed by atoms with Crippen LogP contribution in [0.15, 0.2) is 53.7 Å². The van der Waals surface area contributed by atoms with Crippen LogP contribution in [0.2, 0.25) is 0 Å². The average Bonchev–Trinajstić information content (AvgIpc) is 3.74. The number of nitrogens with zero attached hydrogens (tertiary/aromatic N) is 4. The van der Waals surface area contributed by atoms with E-state index in [1.54, 1.807) is 55.2 Å². The minimum Gasteiger partial charge on any atom is -0.490 e. The van der Waals surface area contributed by atoms with Gasteiger partial charge >= 0.3 is 0 Å². The highest BCUT2D eigenvalue weighted by atomic mass is 32.1. The van der Waals surface area contributed by atoms with Crippen LogP contribution >= 0.6 is 11.3 Å². The summed E-state index contributed by atoms with van der Waals surface area (Å²) >= 11 is 1.39. The predicted molar refractivity (Wildman–Crippen MR) is 175 cm³/mol. The Kier molecular flexibility index (Phi) is 8.59. The van der Waals surface area contributed by atoms with Gasteiger partial charge in [0.05, 0.1) is 34.5 Å². The molecule has 2 aromatic heterocycles. The smallest absolute Gasteiger partial charge is 0.272 e. The Morgan fingerprint density at radius 2 is 1.93 bits per heavy atom. The van der Waals surface area contributed by atoms with Crippen molar-refractivity contribution in [3.05, 3.63) is 70.6 Å². The Balaban J connectivity index is 1.01. The van der Waals surface area contributed by atoms with Crippen molar-refractivity contribution in [2.45, 2.75) is 31.7 Å². The Morgan fingerprint density at radius 1 is 1.11 bits per heavy atom. The lowest BCUT2D eigenvalue weighted by atomic mass is 10.1. The SMILES string of the molecule is CN(C)C(=O)c1cc2cc(NC(=O)c3cc(NC(=O)CCCOc4cc5c(cc4F)C(=O)N4CCCC4C=N5)cn3C)ccc2s1. The van der Waals surface area contributed by atoms with Crippen molar-refractivity contribution >= 4 is 68.3 Å². The third-order valence-corrected chi connectivity index (χ3v) is 9.05. The molecule has 2 aromatic carbocycles. The number of anilines is 2. The van der Waals surface area contributed by atoms with Gasteiger partial charge in [0.25, 0.3) is 17.7 Å². The van der Waals surface area contributed by atoms with Gasteiger partial charge in [0.2, 0.25) is 5.91 Å². The van der Waals surface area contributed by atoms with Crippen LogP contribution < -0.4 is 15.4 Å². The molecule has 238 valence electrons. The molecule has 0 aliphatic carbocycles. The highest BCUT2D eigenvalue weighted by molar-refractivity contribution is 7.20. The monoisotopic (exact) mass is 644 g/mol. The standard InChI is InChI=1S/C33H33FN6O5S/c1-38(2)33(44)29-13-19-12-20(8-9-28(19)46-29)37-31(42)26-14-21(18-39(26)3)36-30(41)7-5-11-45-27-16-25-23(15-24(27)34)32(43)40-10-4-6-22(40)17-35-25/h8-9,12-18,22H,4-7,10-11H2,1-3H3,(H,36,41)(H,37,42). The van der Waals surface area contributed by atoms with Gasteiger partial charge < -0.3 is 29.7 Å². The summed E-state index contributed by atoms with van der Waals surface area (Å²) in [6.45, 7) is 0.710. The van der Waals surface area contributed by atoms with E-state index in [1.807, 2.05) is 18.2 Å². The van der Waals surface area contributed by atoms with Crippen molar-refractivity contribution in [3.8, 4) is 5.75 Å². The molecule has 1 fully saturated rings. The average molecular weight is 645 g/mol. The number of benzene rings is 2. The molecule has 2 aliphatic heterocycles. The van der Waals surface area contributed by atoms with Gasteiger partial charge in [-0.05, 0) is 61.0 Å². The van der Waals surface area contributed by atoms with Gasteiger partial charge in [-0.25, -0.2) is 4.39 Å². The molecule has 13 heteroatoms. The van der Waals surface area contributed by atoms with Crippen molar-refractivity contribution in [2.24, 2.45) is 12.0 Å². The predicted octanol–water partition coefficient (Wildman–Crippen LogP) is 5.45. The zero-order chi connectivity index (χ0) is 32.5. The number of nitrogens with one attached hydrogen (secondary N) is 2. The molecule has 0 radical (unpaired) electrons. The van der Waals surface area contributed by atoms with Crippen LogP contribution in [0.3, 0.4) is 0 Å². The van der Waals surface area contributed by atoms with E-state index in [0.29, 0.717) is 40.6 Å². The number of carbonyl (C=O) groups is 4. The number of aliphatic imine (C=N–C) groups is 1. The molecule has 1 atom stereocenters. The van der Waals surface area contributed by atoms with Crippen molar-refractivity contribution in [2.75, 3.05) is 37.9 Å². The lowest BCUT2D eigenvalue weighted by molar-refractivity contribution is -0.116. The lowest BCUT2D eigenvalue weighted by Gasteiger charge is -2.20. The summed E-state index contributed by atoms with van der Waals surface area (Å²) in [7, 11) is 5.11. The minimum absolute atomic E-state index is 0.0227. The van der Waals surface area contributed by atoms with Gasteiger partial charge in [-0.1, -0.05) is 0 Å². The van der Waals surface area contributed by atoms with Gasteiger partial charge in [0.1, 0.15) is 5.69 Å². The third kappa shape index (κ3) is 6.36. The molecule has 6 rings (SSSR count). The number of hydrogen-bond acceptors (Lipinski definition) is 7. The number of carbonyl (C=O) groups excluding carboxylic acids is 4. The van der Waals surface area contributed by atoms with Crippen molar-refractivity contribution < 1.29 is 28.3 Å². The topological polar surface area (TPSA) is 125 Å². The molecule has 4 aromatic rings. The van der Waals surface area contributed by atoms with Gasteiger partial charge in [-0.2, -0.15) is 0 Å². The number of hydrogen-bond donors (Lipinski definition) is 2. The molecule has 0 saturated carbocycles. The van der Waals surface area contributed by atoms with Gasteiger partial charge in [-0.15, -0.1) is 11.3 Å². The molecule has 1 unspecified atom stereocenters. The second-order valence-corrected chi connectivity index (χ2v) is 12.6. The zero-order valence-electron chi connectivity index (χ0n) is 25.6. The Hall–Kier alpha value is -5.04. The molecule has 4 amide bonds. The van der Waals surface area contributed by atoms with Crippen LogP contribution in [0.4, 0.5) is 21.5 Å². The lowest BCUT2D eigenvalue weighted by Crippen LogP contribution is -2.35. The maximum atomic E-state index is 14.8. The van der Waals surface area contributed by atoms with Crippen LogP contribution in [0, 0.1) is 5.82 Å². The highest BCUT2D eigenvalue weighted by Crippen LogP contribution is 2.34. The molecule has 1 saturated heterocycles. The van der Waals surface area contributed by atoms with Gasteiger partial charge in [0.15, 0.2) is 11.6 Å². The summed E-state index contributed by atoms with van der Waals surface area (Å²) in [6, 6.07) is 11.4. The molecule has 2 aliphatic rings. The fourth-order valence-electron chi connectivity index (χ4n) is 5.59. The quantitative estimate of drug-likeness (QED) is 0.235. The van der Waals surface area contributed by atoms with Crippen LogP contribution in [-0.4, -0.2) is 77.5 Å². The van der Waals surface area contributed by atoms with E-state index < -0.39 is 5.82 Å². The van der Waals surface area contributed by atoms with Gasteiger partial charge in [0, 0.05) is 63.0 Å². The summed E-state index contributed by atoms with van der Waals surface area (Å²) < 4.78 is 23.0. The normalized spacial score (nSPS) is 15.3. The number of aryl methyl sites for hydroxylation is 1. The summed E-state index contributed by atoms with van der Waals surface area (Å²) in [5.41, 5.74) is 1.97. The number of halogens is 1. The number of fused-ring (bicyclic) bond motifs is 3. The molecule has 2 N–H and O–H groups in total. The van der Waals surface area contributed by atoms with E-state index in [0.717, 1.165) is 22.9 Å². The number of rotatable bonds is 9. The summed E-state index contributed by atoms with van der Waals surface area (Å²) in [6.07, 6.45) is 5.53. The maximum Gasteiger partial charge on any atom is 0.272 e. The third-order valence-electron chi connectivity index (χ3n) is 7.94. The first-order valence-electron chi connectivity index (χ1n) is 14.9. The molecule has 11 nitrogen and oxygen atoms in total. The van der Waals surface area contributed by atoms with E-state index in [1.165, 1.54) is 28.4 Å². The van der Waals surface area contributed by atoms with Crippen molar-refractivity contribution in [1.29, 1.82) is 0 Å². The molecule has 4 heterocycles. The fraction of sp³-hybridized carbons (Fsp3) is 0.303. The zero-order valence-corrected chi connectivity index (χ0v) is 26.4. The number of thiophene rings is 1. The van der Waals surface area contributed by atoms with E-state index >= 15 is 0 Å². The minimum atomic E-state index is -0.654. The fourth-order valence-corrected chi connectivity index (χ4v) is 6.66. The number of amides is 4. The van der Waals surface area contributed by atoms with E-state index in [9.17, 15) is 23.6 Å². The van der Waals surface area contributed by atoms with Crippen LogP contribution in [0.1, 0.15) is 56.2 Å². The van der Waals surface area contributed by atoms with Crippen LogP contribution in [0.5, 0.6) is 5.75 Å². The highest BCUT2D eigenvalue weighted by Gasteiger charge is 2.32. The summed E-state index contributed by atoms with van der Waals surface area (Å²) in [4.78, 5) is 59.1. The molecule has 0 spiro atoms. The second kappa shape index (κ2) is 12.8. The first-order valence-corrected chi connectivity index (χ1v) is 15.7. The Labute approximate surface area is 268 Å². The Morgan fingerprint density at radius 3 is 2.74 bits per heavy atom. The largest absolute Gasteiger partial charge is 0.490 e. The van der Waals surface area contributed by atoms with Crippen molar-refractivity contribution in [1.82, 2.24) is 14.4 Å². The molecular weight excluding hydrogens is 611 g/mol. The molecule has 0 bridgehead atoms. The number of ether oxygens (including phenoxy) is 1. The van der Waals surface area contributed by atoms with Crippen LogP contribution in [0.25, 0.3) is 10.1 Å². The molecular formula is C33H33FN6O5S. The number of aromatic nitrogens is 1. The van der Waals surface area contributed by atoms with E-state index in [4.69, 9.17) is 4.74 Å². The van der Waals surface area contributed by atoms with Crippen LogP contribution in [-0.2, 0) is 11.8 Å². The first kappa shape index (κ1) is 31.0. The first-order chi connectivity index (χ1) is 22.1. The van der Waals surface area contributed by atoms with Crippen molar-refractivity contribution in [3.63, 3.8) is 0 Å². The van der Waals surface area contributed by atoms with Gasteiger partial charge in [-0.3, -0.25) is 24.2 Å². The molecule has 46 heavy (non-hydrogen) atoms. The Bertz CT molecular complexity index is 1900.